The maximum atomic E-state index is 12.5. The number of rotatable bonds is 8. The molecule has 10 nitrogen and oxygen atoms in total. The van der Waals surface area contributed by atoms with Gasteiger partial charge in [0.05, 0.1) is 0 Å². The van der Waals surface area contributed by atoms with Crippen molar-refractivity contribution in [3.05, 3.63) is 59.7 Å². The van der Waals surface area contributed by atoms with E-state index in [0.29, 0.717) is 0 Å². The largest absolute Gasteiger partial charge is 0.480 e. The first kappa shape index (κ1) is 27.5. The van der Waals surface area contributed by atoms with Gasteiger partial charge >= 0.3 is 24.1 Å². The zero-order chi connectivity index (χ0) is 27.3. The summed E-state index contributed by atoms with van der Waals surface area (Å²) < 4.78 is 15.7. The van der Waals surface area contributed by atoms with Crippen LogP contribution in [-0.2, 0) is 23.8 Å². The number of carboxylic acids is 1. The quantitative estimate of drug-likeness (QED) is 0.358. The van der Waals surface area contributed by atoms with Gasteiger partial charge in [-0.2, -0.15) is 0 Å². The molecule has 0 fully saturated rings. The van der Waals surface area contributed by atoms with Gasteiger partial charge in [-0.3, -0.25) is 0 Å². The summed E-state index contributed by atoms with van der Waals surface area (Å²) in [5.41, 5.74) is 3.44. The van der Waals surface area contributed by atoms with Crippen LogP contribution in [0, 0.1) is 0 Å². The fourth-order valence-corrected chi connectivity index (χ4v) is 4.04. The first-order chi connectivity index (χ1) is 17.4. The number of benzene rings is 2. The van der Waals surface area contributed by atoms with Crippen LogP contribution in [0.1, 0.15) is 51.7 Å². The third kappa shape index (κ3) is 6.99. The monoisotopic (exact) mass is 512 g/mol. The molecule has 0 saturated carbocycles. The minimum Gasteiger partial charge on any atom is -0.480 e. The van der Waals surface area contributed by atoms with Crippen molar-refractivity contribution in [1.82, 2.24) is 10.6 Å². The second-order valence-corrected chi connectivity index (χ2v) is 9.80. The molecule has 3 N–H and O–H groups in total. The molecule has 37 heavy (non-hydrogen) atoms. The third-order valence-corrected chi connectivity index (χ3v) is 5.74. The van der Waals surface area contributed by atoms with Crippen LogP contribution in [0.2, 0.25) is 0 Å². The minimum absolute atomic E-state index is 0.0684. The van der Waals surface area contributed by atoms with E-state index in [4.69, 9.17) is 14.2 Å². The molecule has 2 aromatic rings. The van der Waals surface area contributed by atoms with Crippen molar-refractivity contribution in [3.8, 4) is 11.1 Å². The van der Waals surface area contributed by atoms with Crippen LogP contribution in [0.4, 0.5) is 9.59 Å². The summed E-state index contributed by atoms with van der Waals surface area (Å²) in [7, 11) is 0. The number of aliphatic carboxylic acids is 1. The second kappa shape index (κ2) is 11.3. The number of nitrogens with one attached hydrogen (secondary N) is 2. The Morgan fingerprint density at radius 1 is 0.892 bits per heavy atom. The molecule has 0 saturated heterocycles. The lowest BCUT2D eigenvalue weighted by atomic mass is 9.98. The Labute approximate surface area is 215 Å². The van der Waals surface area contributed by atoms with Crippen molar-refractivity contribution in [1.29, 1.82) is 0 Å². The SMILES string of the molecule is C[C@H](NC(=O)OCC1c2ccccc2-c2ccccc21)C(=O)O[C@H](C)[C@H](NC(=O)OC(C)(C)C)C(=O)O. The van der Waals surface area contributed by atoms with Crippen LogP contribution in [0.3, 0.4) is 0 Å². The fourth-order valence-electron chi connectivity index (χ4n) is 4.04. The smallest absolute Gasteiger partial charge is 0.408 e. The number of carbonyl (C=O) groups excluding carboxylic acids is 3. The van der Waals surface area contributed by atoms with Gasteiger partial charge in [-0.25, -0.2) is 19.2 Å². The molecule has 0 aliphatic heterocycles. The molecule has 0 aromatic heterocycles. The highest BCUT2D eigenvalue weighted by Crippen LogP contribution is 2.44. The Bertz CT molecular complexity index is 1130. The molecule has 0 radical (unpaired) electrons. The topological polar surface area (TPSA) is 140 Å². The molecule has 0 spiro atoms. The van der Waals surface area contributed by atoms with Gasteiger partial charge in [-0.15, -0.1) is 0 Å². The molecular formula is C27H32N2O8. The van der Waals surface area contributed by atoms with Gasteiger partial charge in [-0.1, -0.05) is 48.5 Å². The number of alkyl carbamates (subject to hydrolysis) is 2. The molecule has 198 valence electrons. The molecule has 2 aromatic carbocycles. The van der Waals surface area contributed by atoms with Crippen LogP contribution < -0.4 is 10.6 Å². The van der Waals surface area contributed by atoms with Gasteiger partial charge in [0.1, 0.15) is 24.4 Å². The Balaban J connectivity index is 1.54. The van der Waals surface area contributed by atoms with Crippen molar-refractivity contribution in [2.45, 2.75) is 64.3 Å². The normalized spacial score (nSPS) is 14.8. The highest BCUT2D eigenvalue weighted by atomic mass is 16.6. The van der Waals surface area contributed by atoms with E-state index >= 15 is 0 Å². The predicted octanol–water partition coefficient (Wildman–Crippen LogP) is 3.82. The molecule has 1 aliphatic rings. The van der Waals surface area contributed by atoms with Crippen molar-refractivity contribution in [2.24, 2.45) is 0 Å². The lowest BCUT2D eigenvalue weighted by molar-refractivity contribution is -0.156. The number of carboxylic acid groups (broad SMARTS) is 1. The predicted molar refractivity (Wildman–Crippen MR) is 134 cm³/mol. The van der Waals surface area contributed by atoms with Crippen molar-refractivity contribution >= 4 is 24.1 Å². The van der Waals surface area contributed by atoms with Crippen LogP contribution in [0.15, 0.2) is 48.5 Å². The van der Waals surface area contributed by atoms with Gasteiger partial charge < -0.3 is 30.0 Å². The third-order valence-electron chi connectivity index (χ3n) is 5.74. The van der Waals surface area contributed by atoms with E-state index in [-0.39, 0.29) is 12.5 Å². The van der Waals surface area contributed by atoms with Crippen molar-refractivity contribution in [2.75, 3.05) is 6.61 Å². The first-order valence-corrected chi connectivity index (χ1v) is 11.9. The van der Waals surface area contributed by atoms with Crippen molar-refractivity contribution < 1.29 is 38.5 Å². The summed E-state index contributed by atoms with van der Waals surface area (Å²) in [6.45, 7) is 7.65. The fraction of sp³-hybridized carbons (Fsp3) is 0.407. The van der Waals surface area contributed by atoms with Crippen molar-refractivity contribution in [3.63, 3.8) is 0 Å². The summed E-state index contributed by atoms with van der Waals surface area (Å²) in [6, 6.07) is 13.1. The lowest BCUT2D eigenvalue weighted by Crippen LogP contribution is -2.51. The molecule has 3 rings (SSSR count). The molecule has 1 aliphatic carbocycles. The molecule has 3 atom stereocenters. The number of hydrogen-bond acceptors (Lipinski definition) is 7. The van der Waals surface area contributed by atoms with Crippen LogP contribution in [0.5, 0.6) is 0 Å². The summed E-state index contributed by atoms with van der Waals surface area (Å²) in [5, 5.41) is 14.0. The Kier molecular flexibility index (Phi) is 8.42. The Hall–Kier alpha value is -4.08. The molecule has 10 heteroatoms. The number of fused-ring (bicyclic) bond motifs is 3. The Morgan fingerprint density at radius 3 is 1.95 bits per heavy atom. The Morgan fingerprint density at radius 2 is 1.43 bits per heavy atom. The van der Waals surface area contributed by atoms with Crippen LogP contribution in [-0.4, -0.2) is 59.6 Å². The summed E-state index contributed by atoms with van der Waals surface area (Å²) >= 11 is 0. The van der Waals surface area contributed by atoms with Crippen LogP contribution >= 0.6 is 0 Å². The molecule has 2 amide bonds. The highest BCUT2D eigenvalue weighted by molar-refractivity contribution is 5.84. The van der Waals surface area contributed by atoms with E-state index in [9.17, 15) is 24.3 Å². The van der Waals surface area contributed by atoms with Gasteiger partial charge in [0.25, 0.3) is 0 Å². The zero-order valence-electron chi connectivity index (χ0n) is 21.4. The maximum absolute atomic E-state index is 12.5. The van der Waals surface area contributed by atoms with E-state index in [2.05, 4.69) is 10.6 Å². The number of amides is 2. The number of carbonyl (C=O) groups is 4. The average molecular weight is 513 g/mol. The van der Waals surface area contributed by atoms with Gasteiger partial charge in [0.2, 0.25) is 0 Å². The van der Waals surface area contributed by atoms with E-state index < -0.39 is 47.9 Å². The van der Waals surface area contributed by atoms with Crippen LogP contribution in [0.25, 0.3) is 11.1 Å². The number of hydrogen-bond donors (Lipinski definition) is 3. The summed E-state index contributed by atoms with van der Waals surface area (Å²) in [5.74, 6) is -2.45. The first-order valence-electron chi connectivity index (χ1n) is 11.9. The van der Waals surface area contributed by atoms with Gasteiger partial charge in [0, 0.05) is 5.92 Å². The van der Waals surface area contributed by atoms with E-state index in [1.807, 2.05) is 48.5 Å². The second-order valence-electron chi connectivity index (χ2n) is 9.80. The van der Waals surface area contributed by atoms with E-state index in [0.717, 1.165) is 22.3 Å². The lowest BCUT2D eigenvalue weighted by Gasteiger charge is -2.25. The number of ether oxygens (including phenoxy) is 3. The number of esters is 1. The molecule has 0 unspecified atom stereocenters. The maximum Gasteiger partial charge on any atom is 0.408 e. The summed E-state index contributed by atoms with van der Waals surface area (Å²) in [6.07, 6.45) is -3.03. The molecule has 0 bridgehead atoms. The summed E-state index contributed by atoms with van der Waals surface area (Å²) in [4.78, 5) is 48.5. The van der Waals surface area contributed by atoms with Gasteiger partial charge in [0.15, 0.2) is 6.04 Å². The molecular weight excluding hydrogens is 480 g/mol. The van der Waals surface area contributed by atoms with Gasteiger partial charge in [-0.05, 0) is 56.9 Å². The van der Waals surface area contributed by atoms with E-state index in [1.54, 1.807) is 20.8 Å². The zero-order valence-corrected chi connectivity index (χ0v) is 21.4. The highest BCUT2D eigenvalue weighted by Gasteiger charge is 2.33. The van der Waals surface area contributed by atoms with E-state index in [1.165, 1.54) is 13.8 Å². The average Bonchev–Trinajstić information content (AvgIpc) is 3.13. The molecule has 0 heterocycles. The minimum atomic E-state index is -1.56. The standard InChI is InChI=1S/C27H32N2O8/c1-15(24(32)36-16(2)22(23(30)31)29-26(34)37-27(3,4)5)28-25(33)35-14-21-19-12-8-6-10-17(19)18-11-7-9-13-20(18)21/h6-13,15-16,21-22H,14H2,1-5H3,(H,28,33)(H,29,34)(H,30,31)/t15-,16+,22-/m0/s1.